The molecule has 1 N–H and O–H groups in total. The number of aromatic nitrogens is 2. The zero-order chi connectivity index (χ0) is 15.9. The summed E-state index contributed by atoms with van der Waals surface area (Å²) in [5.41, 5.74) is 1.72. The summed E-state index contributed by atoms with van der Waals surface area (Å²) in [4.78, 5) is 23.0. The number of morpholine rings is 1. The number of ether oxygens (including phenoxy) is 1. The van der Waals surface area contributed by atoms with Crippen LogP contribution < -0.4 is 10.2 Å². The standard InChI is InChI=1S/C17H20N4O2/c22-17(20-8-5-14-3-1-6-18-13-14)15-4-2-7-19-16(15)21-9-11-23-12-10-21/h1-4,6-7,13H,5,8-12H2,(H,20,22). The Labute approximate surface area is 135 Å². The largest absolute Gasteiger partial charge is 0.378 e. The van der Waals surface area contributed by atoms with Crippen LogP contribution in [0, 0.1) is 0 Å². The molecule has 1 fully saturated rings. The predicted molar refractivity (Wildman–Crippen MR) is 87.5 cm³/mol. The number of rotatable bonds is 5. The molecular formula is C17H20N4O2. The van der Waals surface area contributed by atoms with E-state index in [4.69, 9.17) is 4.74 Å². The van der Waals surface area contributed by atoms with Crippen molar-refractivity contribution in [2.24, 2.45) is 0 Å². The van der Waals surface area contributed by atoms with Gasteiger partial charge in [-0.05, 0) is 30.2 Å². The Morgan fingerprint density at radius 3 is 2.83 bits per heavy atom. The summed E-state index contributed by atoms with van der Waals surface area (Å²) in [5, 5.41) is 2.96. The minimum atomic E-state index is -0.0940. The van der Waals surface area contributed by atoms with Crippen LogP contribution in [0.2, 0.25) is 0 Å². The van der Waals surface area contributed by atoms with Crippen molar-refractivity contribution in [1.29, 1.82) is 0 Å². The average molecular weight is 312 g/mol. The Balaban J connectivity index is 1.62. The van der Waals surface area contributed by atoms with Crippen molar-refractivity contribution in [3.63, 3.8) is 0 Å². The van der Waals surface area contributed by atoms with Crippen LogP contribution in [0.4, 0.5) is 5.82 Å². The first-order chi connectivity index (χ1) is 11.3. The normalized spacial score (nSPS) is 14.5. The number of amides is 1. The number of carbonyl (C=O) groups excluding carboxylic acids is 1. The van der Waals surface area contributed by atoms with Crippen molar-refractivity contribution in [2.45, 2.75) is 6.42 Å². The van der Waals surface area contributed by atoms with E-state index in [2.05, 4.69) is 20.2 Å². The number of nitrogens with zero attached hydrogens (tertiary/aromatic N) is 3. The molecule has 0 aromatic carbocycles. The molecule has 1 aliphatic rings. The van der Waals surface area contributed by atoms with Crippen molar-refractivity contribution < 1.29 is 9.53 Å². The smallest absolute Gasteiger partial charge is 0.255 e. The maximum atomic E-state index is 12.5. The number of pyridine rings is 2. The van der Waals surface area contributed by atoms with E-state index in [1.165, 1.54) is 0 Å². The maximum absolute atomic E-state index is 12.5. The molecular weight excluding hydrogens is 292 g/mol. The average Bonchev–Trinajstić information content (AvgIpc) is 2.63. The Kier molecular flexibility index (Phi) is 5.16. The summed E-state index contributed by atoms with van der Waals surface area (Å²) in [6, 6.07) is 7.51. The van der Waals surface area contributed by atoms with Gasteiger partial charge in [0.05, 0.1) is 18.8 Å². The summed E-state index contributed by atoms with van der Waals surface area (Å²) in [6.07, 6.45) is 6.03. The van der Waals surface area contributed by atoms with Crippen molar-refractivity contribution in [2.75, 3.05) is 37.7 Å². The van der Waals surface area contributed by atoms with E-state index >= 15 is 0 Å². The number of carbonyl (C=O) groups is 1. The molecule has 2 aromatic heterocycles. The second kappa shape index (κ2) is 7.69. The van der Waals surface area contributed by atoms with Gasteiger partial charge >= 0.3 is 0 Å². The van der Waals surface area contributed by atoms with Gasteiger partial charge in [-0.1, -0.05) is 6.07 Å². The highest BCUT2D eigenvalue weighted by Gasteiger charge is 2.19. The van der Waals surface area contributed by atoms with E-state index in [0.717, 1.165) is 30.9 Å². The van der Waals surface area contributed by atoms with Gasteiger partial charge in [0.2, 0.25) is 0 Å². The lowest BCUT2D eigenvalue weighted by molar-refractivity contribution is 0.0952. The topological polar surface area (TPSA) is 67.4 Å². The summed E-state index contributed by atoms with van der Waals surface area (Å²) in [7, 11) is 0. The van der Waals surface area contributed by atoms with Gasteiger partial charge in [0.1, 0.15) is 5.82 Å². The molecule has 0 bridgehead atoms. The van der Waals surface area contributed by atoms with Gasteiger partial charge in [-0.3, -0.25) is 9.78 Å². The van der Waals surface area contributed by atoms with Gasteiger partial charge in [-0.2, -0.15) is 0 Å². The quantitative estimate of drug-likeness (QED) is 0.901. The van der Waals surface area contributed by atoms with Gasteiger partial charge < -0.3 is 15.0 Å². The van der Waals surface area contributed by atoms with Gasteiger partial charge in [-0.15, -0.1) is 0 Å². The van der Waals surface area contributed by atoms with Gasteiger partial charge in [0.25, 0.3) is 5.91 Å². The molecule has 1 saturated heterocycles. The molecule has 6 heteroatoms. The third-order valence-electron chi connectivity index (χ3n) is 3.76. The highest BCUT2D eigenvalue weighted by atomic mass is 16.5. The Bertz CT molecular complexity index is 642. The van der Waals surface area contributed by atoms with E-state index in [9.17, 15) is 4.79 Å². The predicted octanol–water partition coefficient (Wildman–Crippen LogP) is 1.29. The fourth-order valence-electron chi connectivity index (χ4n) is 2.56. The van der Waals surface area contributed by atoms with E-state index in [1.807, 2.05) is 24.4 Å². The molecule has 1 aliphatic heterocycles. The second-order valence-corrected chi connectivity index (χ2v) is 5.34. The highest BCUT2D eigenvalue weighted by molar-refractivity contribution is 5.98. The van der Waals surface area contributed by atoms with Gasteiger partial charge in [0.15, 0.2) is 0 Å². The molecule has 23 heavy (non-hydrogen) atoms. The van der Waals surface area contributed by atoms with E-state index in [1.54, 1.807) is 18.5 Å². The lowest BCUT2D eigenvalue weighted by Crippen LogP contribution is -2.38. The first kappa shape index (κ1) is 15.4. The van der Waals surface area contributed by atoms with E-state index < -0.39 is 0 Å². The van der Waals surface area contributed by atoms with Gasteiger partial charge in [0, 0.05) is 38.2 Å². The number of nitrogens with one attached hydrogen (secondary N) is 1. The third kappa shape index (κ3) is 4.04. The highest BCUT2D eigenvalue weighted by Crippen LogP contribution is 2.18. The molecule has 0 radical (unpaired) electrons. The number of anilines is 1. The second-order valence-electron chi connectivity index (χ2n) is 5.34. The van der Waals surface area contributed by atoms with Gasteiger partial charge in [-0.25, -0.2) is 4.98 Å². The monoisotopic (exact) mass is 312 g/mol. The lowest BCUT2D eigenvalue weighted by Gasteiger charge is -2.29. The minimum absolute atomic E-state index is 0.0940. The molecule has 0 aliphatic carbocycles. The van der Waals surface area contributed by atoms with Crippen LogP contribution >= 0.6 is 0 Å². The summed E-state index contributed by atoms with van der Waals surface area (Å²) in [5.74, 6) is 0.637. The molecule has 0 spiro atoms. The van der Waals surface area contributed by atoms with Crippen LogP contribution in [0.5, 0.6) is 0 Å². The fourth-order valence-corrected chi connectivity index (χ4v) is 2.56. The fraction of sp³-hybridized carbons (Fsp3) is 0.353. The number of hydrogen-bond donors (Lipinski definition) is 1. The number of hydrogen-bond acceptors (Lipinski definition) is 5. The molecule has 3 rings (SSSR count). The summed E-state index contributed by atoms with van der Waals surface area (Å²) >= 11 is 0. The lowest BCUT2D eigenvalue weighted by atomic mass is 10.2. The molecule has 6 nitrogen and oxygen atoms in total. The molecule has 0 atom stereocenters. The molecule has 120 valence electrons. The van der Waals surface area contributed by atoms with Crippen LogP contribution in [0.1, 0.15) is 15.9 Å². The van der Waals surface area contributed by atoms with Crippen molar-refractivity contribution in [3.05, 3.63) is 54.0 Å². The Morgan fingerprint density at radius 1 is 1.22 bits per heavy atom. The van der Waals surface area contributed by atoms with Crippen LogP contribution in [0.15, 0.2) is 42.9 Å². The Hall–Kier alpha value is -2.47. The van der Waals surface area contributed by atoms with E-state index in [-0.39, 0.29) is 5.91 Å². The molecule has 3 heterocycles. The van der Waals surface area contributed by atoms with Crippen molar-refractivity contribution in [1.82, 2.24) is 15.3 Å². The summed E-state index contributed by atoms with van der Waals surface area (Å²) in [6.45, 7) is 3.42. The Morgan fingerprint density at radius 2 is 2.04 bits per heavy atom. The molecule has 0 unspecified atom stereocenters. The zero-order valence-corrected chi connectivity index (χ0v) is 12.9. The first-order valence-electron chi connectivity index (χ1n) is 7.79. The third-order valence-corrected chi connectivity index (χ3v) is 3.76. The molecule has 0 saturated carbocycles. The maximum Gasteiger partial charge on any atom is 0.255 e. The molecule has 1 amide bonds. The van der Waals surface area contributed by atoms with Crippen LogP contribution in [-0.2, 0) is 11.2 Å². The SMILES string of the molecule is O=C(NCCc1cccnc1)c1cccnc1N1CCOCC1. The van der Waals surface area contributed by atoms with Crippen LogP contribution in [0.25, 0.3) is 0 Å². The minimum Gasteiger partial charge on any atom is -0.378 e. The van der Waals surface area contributed by atoms with Crippen LogP contribution in [-0.4, -0.2) is 48.7 Å². The molecule has 2 aromatic rings. The van der Waals surface area contributed by atoms with Crippen molar-refractivity contribution >= 4 is 11.7 Å². The van der Waals surface area contributed by atoms with E-state index in [0.29, 0.717) is 25.3 Å². The van der Waals surface area contributed by atoms with Crippen LogP contribution in [0.3, 0.4) is 0 Å². The zero-order valence-electron chi connectivity index (χ0n) is 12.9. The first-order valence-corrected chi connectivity index (χ1v) is 7.79. The summed E-state index contributed by atoms with van der Waals surface area (Å²) < 4.78 is 5.36. The van der Waals surface area contributed by atoms with Crippen molar-refractivity contribution in [3.8, 4) is 0 Å².